The van der Waals surface area contributed by atoms with Crippen LogP contribution in [0.3, 0.4) is 0 Å². The molecule has 7 heteroatoms. The zero-order valence-electron chi connectivity index (χ0n) is 15.1. The van der Waals surface area contributed by atoms with E-state index in [4.69, 9.17) is 16.3 Å². The van der Waals surface area contributed by atoms with Crippen LogP contribution in [0, 0.1) is 0 Å². The first-order valence-electron chi connectivity index (χ1n) is 8.89. The van der Waals surface area contributed by atoms with E-state index < -0.39 is 16.0 Å². The second kappa shape index (κ2) is 8.42. The van der Waals surface area contributed by atoms with Crippen molar-refractivity contribution >= 4 is 27.6 Å². The van der Waals surface area contributed by atoms with Crippen LogP contribution < -0.4 is 0 Å². The quantitative estimate of drug-likeness (QED) is 0.671. The maximum absolute atomic E-state index is 12.9. The second-order valence-corrected chi connectivity index (χ2v) is 9.15. The molecule has 1 saturated carbocycles. The summed E-state index contributed by atoms with van der Waals surface area (Å²) in [5.41, 5.74) is 0.955. The molecule has 0 saturated heterocycles. The maximum atomic E-state index is 12.9. The van der Waals surface area contributed by atoms with Crippen LogP contribution in [0.25, 0.3) is 0 Å². The molecule has 27 heavy (non-hydrogen) atoms. The highest BCUT2D eigenvalue weighted by Gasteiger charge is 2.26. The molecule has 144 valence electrons. The van der Waals surface area contributed by atoms with Crippen LogP contribution in [0.1, 0.15) is 41.6 Å². The number of rotatable bonds is 6. The standard InChI is InChI=1S/C20H22ClNO4S/c1-22(14-15-7-3-2-4-8-15)27(24,25)17-11-12-19(21)18(13-17)20(23)26-16-9-5-6-10-16/h2-4,7-8,11-13,16H,5-6,9-10,14H2,1H3. The molecule has 0 aromatic heterocycles. The number of halogens is 1. The predicted molar refractivity (Wildman–Crippen MR) is 104 cm³/mol. The molecular formula is C20H22ClNO4S. The Balaban J connectivity index is 1.81. The molecule has 0 bridgehead atoms. The minimum Gasteiger partial charge on any atom is -0.459 e. The fourth-order valence-electron chi connectivity index (χ4n) is 3.15. The van der Waals surface area contributed by atoms with E-state index in [1.54, 1.807) is 0 Å². The van der Waals surface area contributed by atoms with Gasteiger partial charge in [-0.15, -0.1) is 0 Å². The summed E-state index contributed by atoms with van der Waals surface area (Å²) in [5, 5.41) is 0.183. The van der Waals surface area contributed by atoms with E-state index in [-0.39, 0.29) is 28.1 Å². The zero-order valence-corrected chi connectivity index (χ0v) is 16.7. The highest BCUT2D eigenvalue weighted by molar-refractivity contribution is 7.89. The lowest BCUT2D eigenvalue weighted by atomic mass is 10.2. The van der Waals surface area contributed by atoms with E-state index in [0.717, 1.165) is 31.2 Å². The van der Waals surface area contributed by atoms with Crippen molar-refractivity contribution in [1.82, 2.24) is 4.31 Å². The molecule has 1 fully saturated rings. The number of carbonyl (C=O) groups is 1. The van der Waals surface area contributed by atoms with Crippen LogP contribution in [-0.4, -0.2) is 31.8 Å². The van der Waals surface area contributed by atoms with Gasteiger partial charge in [-0.1, -0.05) is 41.9 Å². The van der Waals surface area contributed by atoms with Gasteiger partial charge in [0.05, 0.1) is 15.5 Å². The molecule has 0 heterocycles. The minimum absolute atomic E-state index is 0.0173. The van der Waals surface area contributed by atoms with Crippen LogP contribution in [-0.2, 0) is 21.3 Å². The number of hydrogen-bond donors (Lipinski definition) is 0. The molecule has 2 aromatic carbocycles. The first kappa shape index (κ1) is 19.9. The van der Waals surface area contributed by atoms with E-state index in [2.05, 4.69) is 0 Å². The van der Waals surface area contributed by atoms with E-state index in [1.807, 2.05) is 30.3 Å². The molecule has 5 nitrogen and oxygen atoms in total. The van der Waals surface area contributed by atoms with Crippen molar-refractivity contribution in [3.05, 3.63) is 64.7 Å². The van der Waals surface area contributed by atoms with Gasteiger partial charge in [0.15, 0.2) is 0 Å². The Morgan fingerprint density at radius 2 is 1.81 bits per heavy atom. The first-order chi connectivity index (χ1) is 12.9. The van der Waals surface area contributed by atoms with Gasteiger partial charge in [0.2, 0.25) is 10.0 Å². The summed E-state index contributed by atoms with van der Waals surface area (Å²) >= 11 is 6.13. The van der Waals surface area contributed by atoms with Gasteiger partial charge in [-0.05, 0) is 49.4 Å². The second-order valence-electron chi connectivity index (χ2n) is 6.70. The lowest BCUT2D eigenvalue weighted by Crippen LogP contribution is -2.27. The van der Waals surface area contributed by atoms with Crippen LogP contribution in [0.5, 0.6) is 0 Å². The molecule has 1 aliphatic carbocycles. The largest absolute Gasteiger partial charge is 0.459 e. The summed E-state index contributed by atoms with van der Waals surface area (Å²) in [5.74, 6) is -0.574. The Labute approximate surface area is 165 Å². The Morgan fingerprint density at radius 3 is 2.48 bits per heavy atom. The van der Waals surface area contributed by atoms with Gasteiger partial charge in [0, 0.05) is 13.6 Å². The highest BCUT2D eigenvalue weighted by atomic mass is 35.5. The van der Waals surface area contributed by atoms with Crippen LogP contribution in [0.15, 0.2) is 53.4 Å². The van der Waals surface area contributed by atoms with Crippen molar-refractivity contribution in [1.29, 1.82) is 0 Å². The lowest BCUT2D eigenvalue weighted by molar-refractivity contribution is 0.0318. The Bertz CT molecular complexity index is 909. The molecule has 0 spiro atoms. The Kier molecular flexibility index (Phi) is 6.19. The fourth-order valence-corrected chi connectivity index (χ4v) is 4.53. The number of esters is 1. The van der Waals surface area contributed by atoms with Crippen molar-refractivity contribution in [2.45, 2.75) is 43.2 Å². The average Bonchev–Trinajstić information content (AvgIpc) is 3.15. The molecule has 3 rings (SSSR count). The van der Waals surface area contributed by atoms with Crippen LogP contribution in [0.2, 0.25) is 5.02 Å². The third kappa shape index (κ3) is 4.69. The van der Waals surface area contributed by atoms with Crippen molar-refractivity contribution in [3.63, 3.8) is 0 Å². The summed E-state index contributed by atoms with van der Waals surface area (Å²) in [4.78, 5) is 12.5. The number of nitrogens with zero attached hydrogens (tertiary/aromatic N) is 1. The van der Waals surface area contributed by atoms with Crippen molar-refractivity contribution in [2.24, 2.45) is 0 Å². The fraction of sp³-hybridized carbons (Fsp3) is 0.350. The van der Waals surface area contributed by atoms with E-state index in [9.17, 15) is 13.2 Å². The van der Waals surface area contributed by atoms with Gasteiger partial charge in [-0.25, -0.2) is 13.2 Å². The van der Waals surface area contributed by atoms with Crippen molar-refractivity contribution < 1.29 is 17.9 Å². The van der Waals surface area contributed by atoms with Gasteiger partial charge in [-0.2, -0.15) is 4.31 Å². The average molecular weight is 408 g/mol. The number of ether oxygens (including phenoxy) is 1. The molecule has 0 unspecified atom stereocenters. The van der Waals surface area contributed by atoms with E-state index >= 15 is 0 Å². The number of hydrogen-bond acceptors (Lipinski definition) is 4. The predicted octanol–water partition coefficient (Wildman–Crippen LogP) is 4.26. The summed E-state index contributed by atoms with van der Waals surface area (Å²) in [7, 11) is -2.26. The van der Waals surface area contributed by atoms with E-state index in [0.29, 0.717) is 0 Å². The first-order valence-corrected chi connectivity index (χ1v) is 10.7. The van der Waals surface area contributed by atoms with Crippen molar-refractivity contribution in [3.8, 4) is 0 Å². The maximum Gasteiger partial charge on any atom is 0.339 e. The third-order valence-electron chi connectivity index (χ3n) is 4.69. The molecule has 0 N–H and O–H groups in total. The summed E-state index contributed by atoms with van der Waals surface area (Å²) in [6, 6.07) is 13.4. The monoisotopic (exact) mass is 407 g/mol. The molecule has 0 aliphatic heterocycles. The van der Waals surface area contributed by atoms with Crippen LogP contribution in [0.4, 0.5) is 0 Å². The topological polar surface area (TPSA) is 63.7 Å². The molecule has 0 amide bonds. The van der Waals surface area contributed by atoms with Crippen LogP contribution >= 0.6 is 11.6 Å². The van der Waals surface area contributed by atoms with Gasteiger partial charge in [0.25, 0.3) is 0 Å². The SMILES string of the molecule is CN(Cc1ccccc1)S(=O)(=O)c1ccc(Cl)c(C(=O)OC2CCCC2)c1. The smallest absolute Gasteiger partial charge is 0.339 e. The Morgan fingerprint density at radius 1 is 1.15 bits per heavy atom. The van der Waals surface area contributed by atoms with Gasteiger partial charge in [0.1, 0.15) is 6.10 Å². The summed E-state index contributed by atoms with van der Waals surface area (Å²) in [6.07, 6.45) is 3.62. The van der Waals surface area contributed by atoms with E-state index in [1.165, 1.54) is 29.6 Å². The van der Waals surface area contributed by atoms with Gasteiger partial charge < -0.3 is 4.74 Å². The highest BCUT2D eigenvalue weighted by Crippen LogP contribution is 2.27. The molecule has 1 aliphatic rings. The van der Waals surface area contributed by atoms with Gasteiger partial charge in [-0.3, -0.25) is 0 Å². The number of carbonyl (C=O) groups excluding carboxylic acids is 1. The molecule has 0 atom stereocenters. The number of sulfonamides is 1. The molecule has 2 aromatic rings. The normalized spacial score (nSPS) is 15.2. The summed E-state index contributed by atoms with van der Waals surface area (Å²) < 4.78 is 32.5. The summed E-state index contributed by atoms with van der Waals surface area (Å²) in [6.45, 7) is 0.230. The van der Waals surface area contributed by atoms with Crippen molar-refractivity contribution in [2.75, 3.05) is 7.05 Å². The number of benzene rings is 2. The third-order valence-corrected chi connectivity index (χ3v) is 6.82. The molecular weight excluding hydrogens is 386 g/mol. The Hall–Kier alpha value is -1.89. The lowest BCUT2D eigenvalue weighted by Gasteiger charge is -2.18. The minimum atomic E-state index is -3.77. The zero-order chi connectivity index (χ0) is 19.4. The van der Waals surface area contributed by atoms with Gasteiger partial charge >= 0.3 is 5.97 Å². The molecule has 0 radical (unpaired) electrons.